The first kappa shape index (κ1) is 29.1. The molecule has 0 saturated heterocycles. The Morgan fingerprint density at radius 2 is 1.49 bits per heavy atom. The molecule has 0 bridgehead atoms. The van der Waals surface area contributed by atoms with Crippen LogP contribution in [0.5, 0.6) is 0 Å². The van der Waals surface area contributed by atoms with Crippen LogP contribution in [0.4, 0.5) is 11.4 Å². The third-order valence-corrected chi connectivity index (χ3v) is 5.81. The largest absolute Gasteiger partial charge is 0.480 e. The molecule has 0 aliphatic rings. The van der Waals surface area contributed by atoms with Crippen LogP contribution < -0.4 is 26.4 Å². The number of nitrogens with one attached hydrogen (secondary N) is 4. The van der Waals surface area contributed by atoms with Crippen LogP contribution in [0.3, 0.4) is 0 Å². The first-order chi connectivity index (χ1) is 17.5. The number of carbonyl (C=O) groups excluding carboxylic acids is 3. The highest BCUT2D eigenvalue weighted by Gasteiger charge is 2.22. The smallest absolute Gasteiger partial charge is 0.322 e. The van der Waals surface area contributed by atoms with Crippen molar-refractivity contribution >= 4 is 53.0 Å². The molecule has 0 aliphatic carbocycles. The van der Waals surface area contributed by atoms with Gasteiger partial charge in [-0.1, -0.05) is 24.3 Å². The van der Waals surface area contributed by atoms with Crippen LogP contribution in [0.2, 0.25) is 0 Å². The highest BCUT2D eigenvalue weighted by atomic mass is 32.2. The van der Waals surface area contributed by atoms with Crippen LogP contribution in [0, 0.1) is 0 Å². The molecule has 12 nitrogen and oxygen atoms in total. The first-order valence-electron chi connectivity index (χ1n) is 11.2. The fraction of sp³-hybridized carbons (Fsp3) is 0.292. The van der Waals surface area contributed by atoms with Crippen molar-refractivity contribution in [3.8, 4) is 11.1 Å². The lowest BCUT2D eigenvalue weighted by Gasteiger charge is -2.18. The number of carboxylic acid groups (broad SMARTS) is 2. The average Bonchev–Trinajstić information content (AvgIpc) is 2.85. The number of carbonyl (C=O) groups is 5. The lowest BCUT2D eigenvalue weighted by atomic mass is 10.1. The van der Waals surface area contributed by atoms with Crippen LogP contribution in [0.25, 0.3) is 11.1 Å². The molecule has 0 saturated carbocycles. The van der Waals surface area contributed by atoms with Gasteiger partial charge in [-0.05, 0) is 53.8 Å². The second kappa shape index (κ2) is 14.5. The van der Waals surface area contributed by atoms with E-state index >= 15 is 0 Å². The topological polar surface area (TPSA) is 200 Å². The molecule has 2 aromatic rings. The molecule has 0 aromatic heterocycles. The Morgan fingerprint density at radius 3 is 2.00 bits per heavy atom. The van der Waals surface area contributed by atoms with Gasteiger partial charge in [0, 0.05) is 30.5 Å². The first-order valence-corrected chi connectivity index (χ1v) is 12.2. The Bertz CT molecular complexity index is 1110. The van der Waals surface area contributed by atoms with Crippen LogP contribution in [0.15, 0.2) is 48.5 Å². The molecule has 3 amide bonds. The maximum absolute atomic E-state index is 12.4. The van der Waals surface area contributed by atoms with Gasteiger partial charge in [-0.3, -0.25) is 24.0 Å². The van der Waals surface area contributed by atoms with E-state index in [1.54, 1.807) is 12.1 Å². The van der Waals surface area contributed by atoms with Gasteiger partial charge in [0.25, 0.3) is 0 Å². The number of nitrogens with two attached hydrogens (primary N) is 1. The number of hydrogen-bond donors (Lipinski definition) is 7. The molecule has 2 rings (SSSR count). The normalized spacial score (nSPS) is 12.1. The van der Waals surface area contributed by atoms with E-state index in [9.17, 15) is 24.0 Å². The maximum atomic E-state index is 12.4. The zero-order chi connectivity index (χ0) is 27.4. The second-order valence-electron chi connectivity index (χ2n) is 7.96. The third-order valence-electron chi connectivity index (χ3n) is 4.93. The number of rotatable bonds is 14. The average molecular weight is 532 g/mol. The molecule has 198 valence electrons. The molecular weight excluding hydrogens is 502 g/mol. The highest BCUT2D eigenvalue weighted by Crippen LogP contribution is 2.24. The van der Waals surface area contributed by atoms with E-state index in [4.69, 9.17) is 15.9 Å². The van der Waals surface area contributed by atoms with Crippen molar-refractivity contribution in [3.63, 3.8) is 0 Å². The van der Waals surface area contributed by atoms with E-state index in [-0.39, 0.29) is 24.5 Å². The Balaban J connectivity index is 1.94. The molecule has 2 atom stereocenters. The Hall–Kier alpha value is -4.10. The van der Waals surface area contributed by atoms with E-state index in [1.165, 1.54) is 6.92 Å². The summed E-state index contributed by atoms with van der Waals surface area (Å²) >= 11 is 1.13. The van der Waals surface area contributed by atoms with E-state index in [1.807, 2.05) is 36.4 Å². The van der Waals surface area contributed by atoms with E-state index < -0.39 is 42.4 Å². The zero-order valence-corrected chi connectivity index (χ0v) is 20.8. The number of carboxylic acids is 2. The van der Waals surface area contributed by atoms with Gasteiger partial charge in [0.15, 0.2) is 0 Å². The minimum absolute atomic E-state index is 0.0640. The molecule has 2 aromatic carbocycles. The lowest BCUT2D eigenvalue weighted by molar-refractivity contribution is -0.139. The van der Waals surface area contributed by atoms with Crippen LogP contribution in [-0.2, 0) is 24.0 Å². The van der Waals surface area contributed by atoms with Gasteiger partial charge in [0.05, 0.1) is 0 Å². The zero-order valence-electron chi connectivity index (χ0n) is 20.0. The van der Waals surface area contributed by atoms with Crippen LogP contribution >= 0.6 is 11.9 Å². The monoisotopic (exact) mass is 531 g/mol. The summed E-state index contributed by atoms with van der Waals surface area (Å²) in [6.45, 7) is 0.828. The molecule has 0 fully saturated rings. The van der Waals surface area contributed by atoms with Gasteiger partial charge in [-0.15, -0.1) is 0 Å². The van der Waals surface area contributed by atoms with Crippen molar-refractivity contribution in [2.45, 2.75) is 31.8 Å². The summed E-state index contributed by atoms with van der Waals surface area (Å²) in [6, 6.07) is 12.5. The summed E-state index contributed by atoms with van der Waals surface area (Å²) < 4.78 is 3.07. The van der Waals surface area contributed by atoms with E-state index in [0.29, 0.717) is 5.69 Å². The van der Waals surface area contributed by atoms with Gasteiger partial charge in [-0.25, -0.2) is 0 Å². The van der Waals surface area contributed by atoms with Crippen molar-refractivity contribution < 1.29 is 34.2 Å². The Morgan fingerprint density at radius 1 is 0.919 bits per heavy atom. The lowest BCUT2D eigenvalue weighted by Crippen LogP contribution is -2.49. The standard InChI is InChI=1S/C24H29N5O7S/c1-14(30)27-17-6-2-15(3-7-17)16-4-8-18(9-5-16)29-37-13-20(23(34)26-12-22(32)33)28-21(31)11-10-19(25)24(35)36/h2-9,19-20,29H,10-13,25H2,1H3,(H,26,34)(H,27,30)(H,28,31)(H,32,33)(H,35,36)/t19-,20+/m0/s1. The molecule has 0 heterocycles. The predicted octanol–water partition coefficient (Wildman–Crippen LogP) is 1.25. The fourth-order valence-electron chi connectivity index (χ4n) is 3.03. The number of benzene rings is 2. The van der Waals surface area contributed by atoms with E-state index in [0.717, 1.165) is 28.8 Å². The molecule has 0 spiro atoms. The summed E-state index contributed by atoms with van der Waals surface area (Å²) in [6.07, 6.45) is -0.320. The van der Waals surface area contributed by atoms with Gasteiger partial charge < -0.3 is 36.6 Å². The van der Waals surface area contributed by atoms with Crippen LogP contribution in [-0.4, -0.2) is 64.3 Å². The molecule has 37 heavy (non-hydrogen) atoms. The predicted molar refractivity (Wildman–Crippen MR) is 140 cm³/mol. The van der Waals surface area contributed by atoms with Crippen molar-refractivity contribution in [2.75, 3.05) is 22.3 Å². The molecule has 0 unspecified atom stereocenters. The van der Waals surface area contributed by atoms with Crippen molar-refractivity contribution in [1.29, 1.82) is 0 Å². The third kappa shape index (κ3) is 10.6. The summed E-state index contributed by atoms with van der Waals surface area (Å²) in [4.78, 5) is 57.3. The molecule has 13 heteroatoms. The highest BCUT2D eigenvalue weighted by molar-refractivity contribution is 8.00. The van der Waals surface area contributed by atoms with Crippen molar-refractivity contribution in [1.82, 2.24) is 10.6 Å². The van der Waals surface area contributed by atoms with Gasteiger partial charge in [0.1, 0.15) is 18.6 Å². The quantitative estimate of drug-likeness (QED) is 0.174. The number of aliphatic carboxylic acids is 2. The van der Waals surface area contributed by atoms with Crippen LogP contribution in [0.1, 0.15) is 19.8 Å². The summed E-state index contributed by atoms with van der Waals surface area (Å²) in [5.41, 5.74) is 8.73. The van der Waals surface area contributed by atoms with Crippen molar-refractivity contribution in [2.24, 2.45) is 5.73 Å². The fourth-order valence-corrected chi connectivity index (χ4v) is 3.82. The van der Waals surface area contributed by atoms with Gasteiger partial charge in [-0.2, -0.15) is 0 Å². The van der Waals surface area contributed by atoms with Gasteiger partial charge >= 0.3 is 11.9 Å². The second-order valence-corrected chi connectivity index (χ2v) is 8.79. The maximum Gasteiger partial charge on any atom is 0.322 e. The minimum Gasteiger partial charge on any atom is -0.480 e. The molecule has 8 N–H and O–H groups in total. The summed E-state index contributed by atoms with van der Waals surface area (Å²) in [5.74, 6) is -3.83. The SMILES string of the molecule is CC(=O)Nc1ccc(-c2ccc(NSC[C@@H](NC(=O)CC[C@H](N)C(=O)O)C(=O)NCC(=O)O)cc2)cc1. The van der Waals surface area contributed by atoms with Crippen molar-refractivity contribution in [3.05, 3.63) is 48.5 Å². The number of amides is 3. The Labute approximate surface area is 217 Å². The molecule has 0 aliphatic heterocycles. The Kier molecular flexibility index (Phi) is 11.4. The minimum atomic E-state index is -1.24. The molecular formula is C24H29N5O7S. The summed E-state index contributed by atoms with van der Waals surface area (Å²) in [7, 11) is 0. The summed E-state index contributed by atoms with van der Waals surface area (Å²) in [5, 5.41) is 25.0. The number of hydrogen-bond acceptors (Lipinski definition) is 8. The van der Waals surface area contributed by atoms with E-state index in [2.05, 4.69) is 20.7 Å². The number of anilines is 2. The molecule has 0 radical (unpaired) electrons. The van der Waals surface area contributed by atoms with Gasteiger partial charge in [0.2, 0.25) is 17.7 Å².